The summed E-state index contributed by atoms with van der Waals surface area (Å²) in [4.78, 5) is 20.7. The van der Waals surface area contributed by atoms with Gasteiger partial charge in [-0.3, -0.25) is 14.8 Å². The van der Waals surface area contributed by atoms with Crippen LogP contribution in [0, 0.1) is 0 Å². The summed E-state index contributed by atoms with van der Waals surface area (Å²) >= 11 is 6.32. The van der Waals surface area contributed by atoms with Crippen LogP contribution in [-0.2, 0) is 22.5 Å². The molecule has 0 saturated heterocycles. The lowest BCUT2D eigenvalue weighted by atomic mass is 10.1. The second kappa shape index (κ2) is 8.41. The molecule has 1 aromatic heterocycles. The topological polar surface area (TPSA) is 89.6 Å². The van der Waals surface area contributed by atoms with Gasteiger partial charge in [0.05, 0.1) is 36.3 Å². The Labute approximate surface area is 159 Å². The predicted octanol–water partition coefficient (Wildman–Crippen LogP) is 2.59. The van der Waals surface area contributed by atoms with Crippen molar-refractivity contribution in [3.8, 4) is 0 Å². The summed E-state index contributed by atoms with van der Waals surface area (Å²) < 4.78 is 29.2. The molecule has 6 nitrogen and oxygen atoms in total. The number of alkyl halides is 2. The van der Waals surface area contributed by atoms with Crippen LogP contribution in [0.2, 0.25) is 5.02 Å². The summed E-state index contributed by atoms with van der Waals surface area (Å²) in [5.41, 5.74) is 8.17. The highest BCUT2D eigenvalue weighted by atomic mass is 35.5. The van der Waals surface area contributed by atoms with Crippen LogP contribution in [0.4, 0.5) is 8.78 Å². The van der Waals surface area contributed by atoms with Crippen LogP contribution in [-0.4, -0.2) is 29.9 Å². The number of pyridine rings is 1. The summed E-state index contributed by atoms with van der Waals surface area (Å²) in [6.07, 6.45) is 1.42. The third kappa shape index (κ3) is 4.58. The number of ether oxygens (including phenoxy) is 1. The maximum Gasteiger partial charge on any atom is 0.345 e. The minimum atomic E-state index is -2.92. The fourth-order valence-electron chi connectivity index (χ4n) is 2.79. The quantitative estimate of drug-likeness (QED) is 0.755. The second-order valence-corrected chi connectivity index (χ2v) is 6.29. The van der Waals surface area contributed by atoms with E-state index in [0.29, 0.717) is 34.2 Å². The zero-order valence-corrected chi connectivity index (χ0v) is 14.9. The highest BCUT2D eigenvalue weighted by Gasteiger charge is 2.22. The molecule has 1 aliphatic rings. The second-order valence-electron chi connectivity index (χ2n) is 5.91. The number of aliphatic imine (C=N–C) groups is 1. The minimum absolute atomic E-state index is 0.107. The van der Waals surface area contributed by atoms with Crippen LogP contribution in [0.25, 0.3) is 0 Å². The SMILES string of the molecule is NC1=NCc2c1cnc(CC(=O)N[C@H](COC(F)F)c1ccccc1)c2Cl. The smallest absolute Gasteiger partial charge is 0.345 e. The van der Waals surface area contributed by atoms with Crippen molar-refractivity contribution in [2.24, 2.45) is 10.7 Å². The summed E-state index contributed by atoms with van der Waals surface area (Å²) in [5.74, 6) is -0.0494. The normalized spacial score (nSPS) is 14.0. The van der Waals surface area contributed by atoms with Gasteiger partial charge in [0.2, 0.25) is 5.91 Å². The molecule has 1 aromatic carbocycles. The van der Waals surface area contributed by atoms with E-state index in [9.17, 15) is 13.6 Å². The molecule has 1 atom stereocenters. The average Bonchev–Trinajstić information content (AvgIpc) is 3.03. The Morgan fingerprint density at radius 1 is 1.33 bits per heavy atom. The van der Waals surface area contributed by atoms with E-state index >= 15 is 0 Å². The van der Waals surface area contributed by atoms with Crippen LogP contribution >= 0.6 is 11.6 Å². The lowest BCUT2D eigenvalue weighted by molar-refractivity contribution is -0.138. The van der Waals surface area contributed by atoms with Gasteiger partial charge < -0.3 is 15.8 Å². The Kier molecular flexibility index (Phi) is 5.98. The van der Waals surface area contributed by atoms with Crippen molar-refractivity contribution in [3.05, 3.63) is 63.9 Å². The number of fused-ring (bicyclic) bond motifs is 1. The average molecular weight is 395 g/mol. The number of hydrogen-bond acceptors (Lipinski definition) is 5. The van der Waals surface area contributed by atoms with Gasteiger partial charge in [-0.25, -0.2) is 0 Å². The number of carbonyl (C=O) groups is 1. The Bertz CT molecular complexity index is 862. The molecule has 0 spiro atoms. The Balaban J connectivity index is 1.71. The van der Waals surface area contributed by atoms with E-state index in [-0.39, 0.29) is 13.0 Å². The van der Waals surface area contributed by atoms with E-state index in [2.05, 4.69) is 20.0 Å². The molecule has 2 heterocycles. The van der Waals surface area contributed by atoms with Gasteiger partial charge in [0, 0.05) is 17.3 Å². The molecule has 0 fully saturated rings. The van der Waals surface area contributed by atoms with Gasteiger partial charge in [-0.15, -0.1) is 0 Å². The molecular formula is C18H17ClF2N4O2. The van der Waals surface area contributed by atoms with Crippen molar-refractivity contribution in [1.29, 1.82) is 0 Å². The van der Waals surface area contributed by atoms with Crippen molar-refractivity contribution < 1.29 is 18.3 Å². The van der Waals surface area contributed by atoms with Crippen LogP contribution < -0.4 is 11.1 Å². The number of rotatable bonds is 7. The van der Waals surface area contributed by atoms with Crippen LogP contribution in [0.3, 0.4) is 0 Å². The molecular weight excluding hydrogens is 378 g/mol. The molecule has 0 radical (unpaired) electrons. The Morgan fingerprint density at radius 3 is 2.78 bits per heavy atom. The molecule has 9 heteroatoms. The molecule has 0 unspecified atom stereocenters. The number of aromatic nitrogens is 1. The van der Waals surface area contributed by atoms with E-state index in [1.807, 2.05) is 0 Å². The number of nitrogens with zero attached hydrogens (tertiary/aromatic N) is 2. The summed E-state index contributed by atoms with van der Waals surface area (Å²) in [6, 6.07) is 8.01. The lowest BCUT2D eigenvalue weighted by Crippen LogP contribution is -2.33. The van der Waals surface area contributed by atoms with Crippen molar-refractivity contribution in [2.75, 3.05) is 6.61 Å². The number of amides is 1. The maximum atomic E-state index is 12.5. The van der Waals surface area contributed by atoms with Crippen LogP contribution in [0.5, 0.6) is 0 Å². The Morgan fingerprint density at radius 2 is 2.07 bits per heavy atom. The summed E-state index contributed by atoms with van der Waals surface area (Å²) in [6.45, 7) is -2.94. The fraction of sp³-hybridized carbons (Fsp3) is 0.278. The first-order valence-electron chi connectivity index (χ1n) is 8.16. The highest BCUT2D eigenvalue weighted by molar-refractivity contribution is 6.33. The van der Waals surface area contributed by atoms with Crippen molar-refractivity contribution in [3.63, 3.8) is 0 Å². The number of halogens is 3. The van der Waals surface area contributed by atoms with E-state index in [4.69, 9.17) is 17.3 Å². The summed E-state index contributed by atoms with van der Waals surface area (Å²) in [5, 5.41) is 3.03. The van der Waals surface area contributed by atoms with Gasteiger partial charge in [-0.2, -0.15) is 8.78 Å². The molecule has 142 valence electrons. The molecule has 0 bridgehead atoms. The summed E-state index contributed by atoms with van der Waals surface area (Å²) in [7, 11) is 0. The third-order valence-electron chi connectivity index (χ3n) is 4.13. The van der Waals surface area contributed by atoms with E-state index < -0.39 is 18.6 Å². The van der Waals surface area contributed by atoms with Crippen molar-refractivity contribution in [2.45, 2.75) is 25.6 Å². The molecule has 0 saturated carbocycles. The van der Waals surface area contributed by atoms with Gasteiger partial charge in [0.15, 0.2) is 0 Å². The van der Waals surface area contributed by atoms with E-state index in [0.717, 1.165) is 5.56 Å². The van der Waals surface area contributed by atoms with Crippen LogP contribution in [0.1, 0.15) is 28.4 Å². The van der Waals surface area contributed by atoms with E-state index in [1.165, 1.54) is 6.20 Å². The van der Waals surface area contributed by atoms with Crippen molar-refractivity contribution >= 4 is 23.3 Å². The first-order chi connectivity index (χ1) is 13.0. The van der Waals surface area contributed by atoms with Crippen molar-refractivity contribution in [1.82, 2.24) is 10.3 Å². The molecule has 3 rings (SSSR count). The molecule has 1 amide bonds. The predicted molar refractivity (Wildman–Crippen MR) is 96.7 cm³/mol. The number of benzene rings is 1. The first kappa shape index (κ1) is 19.2. The number of nitrogens with two attached hydrogens (primary N) is 1. The zero-order chi connectivity index (χ0) is 19.4. The highest BCUT2D eigenvalue weighted by Crippen LogP contribution is 2.27. The lowest BCUT2D eigenvalue weighted by Gasteiger charge is -2.19. The number of carbonyl (C=O) groups excluding carboxylic acids is 1. The van der Waals surface area contributed by atoms with Gasteiger partial charge in [0.1, 0.15) is 5.84 Å². The van der Waals surface area contributed by atoms with Gasteiger partial charge >= 0.3 is 6.61 Å². The number of amidine groups is 1. The van der Waals surface area contributed by atoms with Gasteiger partial charge in [-0.05, 0) is 5.56 Å². The van der Waals surface area contributed by atoms with E-state index in [1.54, 1.807) is 30.3 Å². The molecule has 2 aromatic rings. The third-order valence-corrected chi connectivity index (χ3v) is 4.58. The zero-order valence-electron chi connectivity index (χ0n) is 14.2. The first-order valence-corrected chi connectivity index (χ1v) is 8.54. The van der Waals surface area contributed by atoms with Crippen LogP contribution in [0.15, 0.2) is 41.5 Å². The van der Waals surface area contributed by atoms with Gasteiger partial charge in [0.25, 0.3) is 0 Å². The maximum absolute atomic E-state index is 12.5. The minimum Gasteiger partial charge on any atom is -0.383 e. The largest absolute Gasteiger partial charge is 0.383 e. The number of hydrogen-bond donors (Lipinski definition) is 2. The number of nitrogens with one attached hydrogen (secondary N) is 1. The van der Waals surface area contributed by atoms with Gasteiger partial charge in [-0.1, -0.05) is 41.9 Å². The Hall–Kier alpha value is -2.58. The molecule has 27 heavy (non-hydrogen) atoms. The molecule has 3 N–H and O–H groups in total. The fourth-order valence-corrected chi connectivity index (χ4v) is 3.07. The monoisotopic (exact) mass is 394 g/mol. The molecule has 0 aliphatic carbocycles. The standard InChI is InChI=1S/C18H17ClF2N4O2/c19-16-11-7-24-17(22)12(11)8-23-13(16)6-15(26)25-14(9-27-18(20)21)10-4-2-1-3-5-10/h1-5,8,14,18H,6-7,9H2,(H2,22,24)(H,25,26)/t14-/m1/s1. The molecule has 1 aliphatic heterocycles.